The maximum Gasteiger partial charge on any atom is 0.333 e. The van der Waals surface area contributed by atoms with E-state index in [1.54, 1.807) is 32.9 Å². The third kappa shape index (κ3) is 4.57. The van der Waals surface area contributed by atoms with Crippen LogP contribution < -0.4 is 5.32 Å². The van der Waals surface area contributed by atoms with Gasteiger partial charge in [0.25, 0.3) is 0 Å². The molecule has 1 aromatic carbocycles. The number of rotatable bonds is 3. The minimum Gasteiger partial charge on any atom is -0.458 e. The predicted octanol–water partition coefficient (Wildman–Crippen LogP) is 2.21. The summed E-state index contributed by atoms with van der Waals surface area (Å²) in [6.07, 6.45) is 0. The Morgan fingerprint density at radius 1 is 1.17 bits per heavy atom. The average Bonchev–Trinajstić information content (AvgIpc) is 2.24. The Bertz CT molecular complexity index is 420. The van der Waals surface area contributed by atoms with E-state index in [1.165, 1.54) is 6.92 Å². The third-order valence-electron chi connectivity index (χ3n) is 2.12. The molecule has 0 saturated heterocycles. The Morgan fingerprint density at radius 2 is 1.72 bits per heavy atom. The van der Waals surface area contributed by atoms with Gasteiger partial charge < -0.3 is 10.1 Å². The first kappa shape index (κ1) is 14.2. The summed E-state index contributed by atoms with van der Waals surface area (Å²) >= 11 is 0. The number of amides is 1. The van der Waals surface area contributed by atoms with E-state index in [4.69, 9.17) is 4.74 Å². The van der Waals surface area contributed by atoms with Gasteiger partial charge in [-0.15, -0.1) is 0 Å². The van der Waals surface area contributed by atoms with Gasteiger partial charge in [0.2, 0.25) is 5.91 Å². The molecule has 0 saturated carbocycles. The van der Waals surface area contributed by atoms with Crippen LogP contribution in [0, 0.1) is 0 Å². The molecule has 0 spiro atoms. The second-order valence-electron chi connectivity index (χ2n) is 5.08. The summed E-state index contributed by atoms with van der Waals surface area (Å²) in [6, 6.07) is 8.28. The van der Waals surface area contributed by atoms with Crippen LogP contribution in [-0.2, 0) is 14.3 Å². The number of benzene rings is 1. The van der Waals surface area contributed by atoms with Crippen molar-refractivity contribution in [1.82, 2.24) is 5.32 Å². The number of esters is 1. The SMILES string of the molecule is CC(=O)N[C@H](C(=O)OC(C)(C)C)c1ccccc1. The van der Waals surface area contributed by atoms with Crippen LogP contribution in [0.15, 0.2) is 30.3 Å². The van der Waals surface area contributed by atoms with Crippen LogP contribution in [0.25, 0.3) is 0 Å². The molecular weight excluding hydrogens is 230 g/mol. The summed E-state index contributed by atoms with van der Waals surface area (Å²) in [5.41, 5.74) is 0.129. The Hall–Kier alpha value is -1.84. The highest BCUT2D eigenvalue weighted by atomic mass is 16.6. The van der Waals surface area contributed by atoms with E-state index >= 15 is 0 Å². The van der Waals surface area contributed by atoms with E-state index < -0.39 is 17.6 Å². The van der Waals surface area contributed by atoms with Gasteiger partial charge in [-0.1, -0.05) is 30.3 Å². The average molecular weight is 249 g/mol. The van der Waals surface area contributed by atoms with Gasteiger partial charge in [0.05, 0.1) is 0 Å². The van der Waals surface area contributed by atoms with Crippen LogP contribution in [0.5, 0.6) is 0 Å². The molecule has 0 unspecified atom stereocenters. The standard InChI is InChI=1S/C14H19NO3/c1-10(16)15-12(11-8-6-5-7-9-11)13(17)18-14(2,3)4/h5-9,12H,1-4H3,(H,15,16)/t12-/m0/s1. The van der Waals surface area contributed by atoms with Crippen LogP contribution in [-0.4, -0.2) is 17.5 Å². The zero-order chi connectivity index (χ0) is 13.8. The van der Waals surface area contributed by atoms with Crippen molar-refractivity contribution in [2.75, 3.05) is 0 Å². The minimum atomic E-state index is -0.761. The smallest absolute Gasteiger partial charge is 0.333 e. The second-order valence-corrected chi connectivity index (χ2v) is 5.08. The van der Waals surface area contributed by atoms with Crippen molar-refractivity contribution in [2.45, 2.75) is 39.3 Å². The third-order valence-corrected chi connectivity index (χ3v) is 2.12. The summed E-state index contributed by atoms with van der Waals surface area (Å²) in [5.74, 6) is -0.724. The van der Waals surface area contributed by atoms with Gasteiger partial charge in [0, 0.05) is 6.92 Å². The Balaban J connectivity index is 2.92. The number of nitrogens with one attached hydrogen (secondary N) is 1. The molecule has 1 N–H and O–H groups in total. The fraction of sp³-hybridized carbons (Fsp3) is 0.429. The molecule has 0 aliphatic heterocycles. The van der Waals surface area contributed by atoms with Gasteiger partial charge in [-0.25, -0.2) is 4.79 Å². The maximum atomic E-state index is 12.1. The zero-order valence-corrected chi connectivity index (χ0v) is 11.2. The lowest BCUT2D eigenvalue weighted by Gasteiger charge is -2.24. The van der Waals surface area contributed by atoms with E-state index in [0.29, 0.717) is 5.56 Å². The molecule has 1 aromatic rings. The summed E-state index contributed by atoms with van der Waals surface area (Å²) in [7, 11) is 0. The zero-order valence-electron chi connectivity index (χ0n) is 11.2. The molecule has 0 aliphatic rings. The quantitative estimate of drug-likeness (QED) is 0.835. The summed E-state index contributed by atoms with van der Waals surface area (Å²) in [6.45, 7) is 6.75. The van der Waals surface area contributed by atoms with Crippen molar-refractivity contribution in [3.63, 3.8) is 0 Å². The molecule has 98 valence electrons. The number of hydrogen-bond donors (Lipinski definition) is 1. The molecule has 4 nitrogen and oxygen atoms in total. The van der Waals surface area contributed by atoms with Gasteiger partial charge in [-0.2, -0.15) is 0 Å². The van der Waals surface area contributed by atoms with Gasteiger partial charge in [-0.3, -0.25) is 4.79 Å². The summed E-state index contributed by atoms with van der Waals surface area (Å²) in [4.78, 5) is 23.2. The molecule has 4 heteroatoms. The van der Waals surface area contributed by atoms with Crippen molar-refractivity contribution < 1.29 is 14.3 Å². The van der Waals surface area contributed by atoms with Crippen molar-refractivity contribution in [1.29, 1.82) is 0 Å². The number of ether oxygens (including phenoxy) is 1. The monoisotopic (exact) mass is 249 g/mol. The van der Waals surface area contributed by atoms with Crippen molar-refractivity contribution in [3.05, 3.63) is 35.9 Å². The van der Waals surface area contributed by atoms with Crippen LogP contribution in [0.1, 0.15) is 39.3 Å². The molecule has 0 aliphatic carbocycles. The molecule has 0 aromatic heterocycles. The Kier molecular flexibility index (Phi) is 4.48. The van der Waals surface area contributed by atoms with E-state index in [-0.39, 0.29) is 5.91 Å². The number of hydrogen-bond acceptors (Lipinski definition) is 3. The molecule has 1 amide bonds. The highest BCUT2D eigenvalue weighted by molar-refractivity contribution is 5.84. The lowest BCUT2D eigenvalue weighted by atomic mass is 10.1. The molecule has 1 rings (SSSR count). The summed E-state index contributed by atoms with van der Waals surface area (Å²) in [5, 5.41) is 2.61. The first-order chi connectivity index (χ1) is 8.29. The van der Waals surface area contributed by atoms with Crippen molar-refractivity contribution in [2.24, 2.45) is 0 Å². The highest BCUT2D eigenvalue weighted by Crippen LogP contribution is 2.18. The van der Waals surface area contributed by atoms with E-state index in [0.717, 1.165) is 0 Å². The van der Waals surface area contributed by atoms with Crippen LogP contribution >= 0.6 is 0 Å². The predicted molar refractivity (Wildman–Crippen MR) is 68.8 cm³/mol. The Morgan fingerprint density at radius 3 is 2.17 bits per heavy atom. The Labute approximate surface area is 107 Å². The first-order valence-electron chi connectivity index (χ1n) is 5.84. The molecule has 0 radical (unpaired) electrons. The lowest BCUT2D eigenvalue weighted by Crippen LogP contribution is -2.37. The largest absolute Gasteiger partial charge is 0.458 e. The van der Waals surface area contributed by atoms with Crippen molar-refractivity contribution >= 4 is 11.9 Å². The van der Waals surface area contributed by atoms with Crippen LogP contribution in [0.3, 0.4) is 0 Å². The number of carbonyl (C=O) groups excluding carboxylic acids is 2. The molecule has 18 heavy (non-hydrogen) atoms. The topological polar surface area (TPSA) is 55.4 Å². The molecule has 0 heterocycles. The molecule has 0 fully saturated rings. The summed E-state index contributed by atoms with van der Waals surface area (Å²) < 4.78 is 5.30. The van der Waals surface area contributed by atoms with E-state index in [1.807, 2.05) is 18.2 Å². The molecule has 0 bridgehead atoms. The maximum absolute atomic E-state index is 12.1. The fourth-order valence-electron chi connectivity index (χ4n) is 1.49. The van der Waals surface area contributed by atoms with Gasteiger partial charge in [0.1, 0.15) is 5.60 Å². The van der Waals surface area contributed by atoms with Gasteiger partial charge in [-0.05, 0) is 26.3 Å². The van der Waals surface area contributed by atoms with E-state index in [2.05, 4.69) is 5.32 Å². The van der Waals surface area contributed by atoms with Gasteiger partial charge in [0.15, 0.2) is 6.04 Å². The molecular formula is C14H19NO3. The van der Waals surface area contributed by atoms with Crippen LogP contribution in [0.2, 0.25) is 0 Å². The van der Waals surface area contributed by atoms with Crippen molar-refractivity contribution in [3.8, 4) is 0 Å². The van der Waals surface area contributed by atoms with Gasteiger partial charge >= 0.3 is 5.97 Å². The number of carbonyl (C=O) groups is 2. The highest BCUT2D eigenvalue weighted by Gasteiger charge is 2.27. The normalized spacial score (nSPS) is 12.7. The molecule has 1 atom stereocenters. The first-order valence-corrected chi connectivity index (χ1v) is 5.84. The lowest BCUT2D eigenvalue weighted by molar-refractivity contribution is -0.158. The van der Waals surface area contributed by atoms with E-state index in [9.17, 15) is 9.59 Å². The second kappa shape index (κ2) is 5.67. The van der Waals surface area contributed by atoms with Crippen LogP contribution in [0.4, 0.5) is 0 Å². The minimum absolute atomic E-state index is 0.269. The fourth-order valence-corrected chi connectivity index (χ4v) is 1.49.